The van der Waals surface area contributed by atoms with Crippen LogP contribution in [-0.4, -0.2) is 60.7 Å². The Balaban J connectivity index is 1.87. The monoisotopic (exact) mass is 320 g/mol. The van der Waals surface area contributed by atoms with Crippen molar-refractivity contribution in [1.29, 1.82) is 0 Å². The van der Waals surface area contributed by atoms with E-state index in [9.17, 15) is 14.7 Å². The van der Waals surface area contributed by atoms with Crippen molar-refractivity contribution in [1.82, 2.24) is 15.5 Å². The number of phenolic OH excluding ortho intramolecular Hbond substituents is 1. The highest BCUT2D eigenvalue weighted by molar-refractivity contribution is 5.96. The van der Waals surface area contributed by atoms with E-state index in [-0.39, 0.29) is 17.7 Å². The molecule has 0 saturated carbocycles. The Morgan fingerprint density at radius 3 is 2.48 bits per heavy atom. The lowest BCUT2D eigenvalue weighted by molar-refractivity contribution is -0.124. The molecule has 1 heterocycles. The molecular formula is C16H24N4O3. The van der Waals surface area contributed by atoms with E-state index in [1.54, 1.807) is 26.0 Å². The van der Waals surface area contributed by atoms with Gasteiger partial charge in [0.15, 0.2) is 0 Å². The number of benzene rings is 1. The molecule has 0 spiro atoms. The maximum atomic E-state index is 12.1. The number of piperazine rings is 1. The fraction of sp³-hybridized carbons (Fsp3) is 0.500. The fourth-order valence-electron chi connectivity index (χ4n) is 2.67. The predicted octanol–water partition coefficient (Wildman–Crippen LogP) is 0.748. The quantitative estimate of drug-likeness (QED) is 0.762. The normalized spacial score (nSPS) is 16.7. The zero-order chi connectivity index (χ0) is 16.8. The lowest BCUT2D eigenvalue weighted by atomic mass is 10.2. The van der Waals surface area contributed by atoms with E-state index in [1.165, 1.54) is 0 Å². The van der Waals surface area contributed by atoms with E-state index in [0.29, 0.717) is 19.6 Å². The third-order valence-electron chi connectivity index (χ3n) is 4.04. The Morgan fingerprint density at radius 1 is 1.22 bits per heavy atom. The first-order valence-corrected chi connectivity index (χ1v) is 7.88. The number of urea groups is 1. The molecular weight excluding hydrogens is 296 g/mol. The van der Waals surface area contributed by atoms with Crippen molar-refractivity contribution in [2.45, 2.75) is 19.9 Å². The topological polar surface area (TPSA) is 84.9 Å². The van der Waals surface area contributed by atoms with Crippen molar-refractivity contribution >= 4 is 17.6 Å². The third-order valence-corrected chi connectivity index (χ3v) is 4.04. The summed E-state index contributed by atoms with van der Waals surface area (Å²) in [6.07, 6.45) is 0. The molecule has 1 aliphatic heterocycles. The third kappa shape index (κ3) is 4.35. The second-order valence-electron chi connectivity index (χ2n) is 5.54. The summed E-state index contributed by atoms with van der Waals surface area (Å²) in [6, 6.07) is 6.41. The van der Waals surface area contributed by atoms with E-state index in [1.807, 2.05) is 17.0 Å². The summed E-state index contributed by atoms with van der Waals surface area (Å²) in [5.41, 5.74) is 0.812. The highest BCUT2D eigenvalue weighted by atomic mass is 16.3. The minimum Gasteiger partial charge on any atom is -0.506 e. The van der Waals surface area contributed by atoms with Crippen molar-refractivity contribution < 1.29 is 14.7 Å². The summed E-state index contributed by atoms with van der Waals surface area (Å²) in [6.45, 7) is 6.89. The number of aromatic hydroxyl groups is 1. The van der Waals surface area contributed by atoms with Crippen molar-refractivity contribution in [3.63, 3.8) is 0 Å². The van der Waals surface area contributed by atoms with Crippen LogP contribution >= 0.6 is 0 Å². The van der Waals surface area contributed by atoms with Crippen molar-refractivity contribution in [2.24, 2.45) is 0 Å². The Kier molecular flexibility index (Phi) is 5.81. The average molecular weight is 320 g/mol. The molecule has 7 heteroatoms. The SMILES string of the molecule is CCNC(=O)NC(=O)C(C)N1CCN(c2ccccc2O)CC1. The van der Waals surface area contributed by atoms with Gasteiger partial charge in [0, 0.05) is 32.7 Å². The van der Waals surface area contributed by atoms with Crippen LogP contribution in [0.3, 0.4) is 0 Å². The van der Waals surface area contributed by atoms with Crippen LogP contribution in [0.1, 0.15) is 13.8 Å². The molecule has 3 amide bonds. The van der Waals surface area contributed by atoms with Crippen LogP contribution in [0.25, 0.3) is 0 Å². The summed E-state index contributed by atoms with van der Waals surface area (Å²) in [7, 11) is 0. The maximum absolute atomic E-state index is 12.1. The molecule has 126 valence electrons. The van der Waals surface area contributed by atoms with Gasteiger partial charge in [-0.3, -0.25) is 15.0 Å². The molecule has 0 aliphatic carbocycles. The van der Waals surface area contributed by atoms with Crippen LogP contribution in [0.4, 0.5) is 10.5 Å². The summed E-state index contributed by atoms with van der Waals surface area (Å²) in [4.78, 5) is 27.6. The highest BCUT2D eigenvalue weighted by Gasteiger charge is 2.27. The van der Waals surface area contributed by atoms with Gasteiger partial charge in [-0.2, -0.15) is 0 Å². The van der Waals surface area contributed by atoms with Crippen LogP contribution in [0, 0.1) is 0 Å². The number of rotatable bonds is 4. The predicted molar refractivity (Wildman–Crippen MR) is 88.6 cm³/mol. The van der Waals surface area contributed by atoms with Gasteiger partial charge in [-0.1, -0.05) is 12.1 Å². The van der Waals surface area contributed by atoms with Crippen molar-refractivity contribution in [2.75, 3.05) is 37.6 Å². The number of hydrogen-bond acceptors (Lipinski definition) is 5. The molecule has 0 aromatic heterocycles. The number of imide groups is 1. The zero-order valence-corrected chi connectivity index (χ0v) is 13.6. The van der Waals surface area contributed by atoms with Gasteiger partial charge >= 0.3 is 6.03 Å². The number of anilines is 1. The molecule has 2 rings (SSSR count). The molecule has 1 fully saturated rings. The van der Waals surface area contributed by atoms with Crippen molar-refractivity contribution in [3.05, 3.63) is 24.3 Å². The zero-order valence-electron chi connectivity index (χ0n) is 13.6. The molecule has 1 aromatic carbocycles. The second-order valence-corrected chi connectivity index (χ2v) is 5.54. The Hall–Kier alpha value is -2.28. The standard InChI is InChI=1S/C16H24N4O3/c1-3-17-16(23)18-15(22)12(2)19-8-10-20(11-9-19)13-6-4-5-7-14(13)21/h4-7,12,21H,3,8-11H2,1-2H3,(H2,17,18,22,23). The second kappa shape index (κ2) is 7.82. The number of nitrogens with one attached hydrogen (secondary N) is 2. The fourth-order valence-corrected chi connectivity index (χ4v) is 2.67. The van der Waals surface area contributed by atoms with Gasteiger partial charge in [0.1, 0.15) is 5.75 Å². The number of phenols is 1. The average Bonchev–Trinajstić information content (AvgIpc) is 2.55. The van der Waals surface area contributed by atoms with Gasteiger partial charge in [-0.15, -0.1) is 0 Å². The molecule has 23 heavy (non-hydrogen) atoms. The van der Waals surface area contributed by atoms with Crippen LogP contribution in [-0.2, 0) is 4.79 Å². The maximum Gasteiger partial charge on any atom is 0.321 e. The number of carbonyl (C=O) groups excluding carboxylic acids is 2. The van der Waals surface area contributed by atoms with E-state index in [2.05, 4.69) is 15.5 Å². The summed E-state index contributed by atoms with van der Waals surface area (Å²) < 4.78 is 0. The largest absolute Gasteiger partial charge is 0.506 e. The van der Waals surface area contributed by atoms with E-state index in [0.717, 1.165) is 18.8 Å². The lowest BCUT2D eigenvalue weighted by Gasteiger charge is -2.38. The van der Waals surface area contributed by atoms with E-state index in [4.69, 9.17) is 0 Å². The summed E-state index contributed by atoms with van der Waals surface area (Å²) in [5.74, 6) is -0.0325. The first kappa shape index (κ1) is 17.1. The highest BCUT2D eigenvalue weighted by Crippen LogP contribution is 2.27. The number of para-hydroxylation sites is 2. The molecule has 7 nitrogen and oxygen atoms in total. The van der Waals surface area contributed by atoms with Crippen molar-refractivity contribution in [3.8, 4) is 5.75 Å². The van der Waals surface area contributed by atoms with E-state index >= 15 is 0 Å². The number of amides is 3. The smallest absolute Gasteiger partial charge is 0.321 e. The minimum absolute atomic E-state index is 0.267. The van der Waals surface area contributed by atoms with Crippen LogP contribution < -0.4 is 15.5 Å². The van der Waals surface area contributed by atoms with Gasteiger partial charge in [-0.05, 0) is 26.0 Å². The summed E-state index contributed by atoms with van der Waals surface area (Å²) in [5, 5.41) is 14.8. The van der Waals surface area contributed by atoms with Gasteiger partial charge in [0.25, 0.3) is 0 Å². The van der Waals surface area contributed by atoms with Gasteiger partial charge in [0.2, 0.25) is 5.91 Å². The number of hydrogen-bond donors (Lipinski definition) is 3. The Morgan fingerprint density at radius 2 is 1.87 bits per heavy atom. The Bertz CT molecular complexity index is 556. The molecule has 3 N–H and O–H groups in total. The summed E-state index contributed by atoms with van der Waals surface area (Å²) >= 11 is 0. The molecule has 1 atom stereocenters. The van der Waals surface area contributed by atoms with Gasteiger partial charge in [0.05, 0.1) is 11.7 Å². The molecule has 1 aromatic rings. The molecule has 1 aliphatic rings. The van der Waals surface area contributed by atoms with E-state index < -0.39 is 6.03 Å². The van der Waals surface area contributed by atoms with Crippen LogP contribution in [0.15, 0.2) is 24.3 Å². The first-order valence-electron chi connectivity index (χ1n) is 7.88. The molecule has 1 saturated heterocycles. The van der Waals surface area contributed by atoms with Crippen LogP contribution in [0.2, 0.25) is 0 Å². The number of carbonyl (C=O) groups is 2. The Labute approximate surface area is 136 Å². The molecule has 0 radical (unpaired) electrons. The molecule has 1 unspecified atom stereocenters. The van der Waals surface area contributed by atoms with Gasteiger partial charge in [-0.25, -0.2) is 4.79 Å². The number of nitrogens with zero attached hydrogens (tertiary/aromatic N) is 2. The van der Waals surface area contributed by atoms with Gasteiger partial charge < -0.3 is 15.3 Å². The first-order chi connectivity index (χ1) is 11.0. The minimum atomic E-state index is -0.461. The van der Waals surface area contributed by atoms with Crippen LogP contribution in [0.5, 0.6) is 5.75 Å². The molecule has 0 bridgehead atoms. The lowest BCUT2D eigenvalue weighted by Crippen LogP contribution is -2.55.